The van der Waals surface area contributed by atoms with Crippen LogP contribution in [0.15, 0.2) is 0 Å². The van der Waals surface area contributed by atoms with Crippen molar-refractivity contribution < 1.29 is 0 Å². The van der Waals surface area contributed by atoms with Gasteiger partial charge in [-0.1, -0.05) is 0 Å². The second kappa shape index (κ2) is 2.83. The fraction of sp³-hybridized carbons (Fsp3) is 0.889. The number of nitriles is 1. The molecule has 2 aliphatic heterocycles. The van der Waals surface area contributed by atoms with E-state index in [0.717, 1.165) is 12.0 Å². The molecule has 2 heteroatoms. The summed E-state index contributed by atoms with van der Waals surface area (Å²) in [5, 5.41) is 8.55. The van der Waals surface area contributed by atoms with Gasteiger partial charge in [-0.2, -0.15) is 5.26 Å². The Morgan fingerprint density at radius 2 is 2.00 bits per heavy atom. The van der Waals surface area contributed by atoms with Crippen LogP contribution in [0.5, 0.6) is 0 Å². The fourth-order valence-corrected chi connectivity index (χ4v) is 2.46. The summed E-state index contributed by atoms with van der Waals surface area (Å²) < 4.78 is 0. The highest BCUT2D eigenvalue weighted by Crippen LogP contribution is 2.34. The van der Waals surface area contributed by atoms with Gasteiger partial charge < -0.3 is 0 Å². The van der Waals surface area contributed by atoms with Crippen molar-refractivity contribution >= 4 is 0 Å². The molecule has 11 heavy (non-hydrogen) atoms. The molecular formula is C9H14N2. The molecule has 0 aromatic rings. The molecule has 0 atom stereocenters. The minimum atomic E-state index is 0.654. The van der Waals surface area contributed by atoms with Crippen molar-refractivity contribution in [1.82, 2.24) is 4.90 Å². The predicted molar refractivity (Wildman–Crippen MR) is 42.9 cm³/mol. The highest BCUT2D eigenvalue weighted by molar-refractivity contribution is 4.91. The second-order valence-electron chi connectivity index (χ2n) is 3.76. The quantitative estimate of drug-likeness (QED) is 0.528. The average molecular weight is 150 g/mol. The Morgan fingerprint density at radius 1 is 1.27 bits per heavy atom. The molecule has 2 nitrogen and oxygen atoms in total. The van der Waals surface area contributed by atoms with Crippen molar-refractivity contribution in [2.75, 3.05) is 13.1 Å². The van der Waals surface area contributed by atoms with Gasteiger partial charge in [0.1, 0.15) is 0 Å². The molecule has 1 saturated carbocycles. The van der Waals surface area contributed by atoms with Gasteiger partial charge in [-0.05, 0) is 31.6 Å². The van der Waals surface area contributed by atoms with Crippen LogP contribution in [0.1, 0.15) is 25.7 Å². The van der Waals surface area contributed by atoms with Gasteiger partial charge in [-0.25, -0.2) is 0 Å². The minimum Gasteiger partial charge on any atom is -0.287 e. The van der Waals surface area contributed by atoms with E-state index in [1.165, 1.54) is 32.2 Å². The lowest BCUT2D eigenvalue weighted by atomic mass is 9.80. The van der Waals surface area contributed by atoms with Crippen LogP contribution in [0.4, 0.5) is 0 Å². The summed E-state index contributed by atoms with van der Waals surface area (Å²) in [6.45, 7) is 1.85. The van der Waals surface area contributed by atoms with E-state index in [1.807, 2.05) is 0 Å². The maximum Gasteiger partial charge on any atom is 0.0868 e. The average Bonchev–Trinajstić information content (AvgIpc) is 2.07. The van der Waals surface area contributed by atoms with E-state index in [-0.39, 0.29) is 0 Å². The SMILES string of the molecule is N#CCN1CC2CCC1CC2. The van der Waals surface area contributed by atoms with Gasteiger partial charge >= 0.3 is 0 Å². The zero-order valence-electron chi connectivity index (χ0n) is 6.79. The van der Waals surface area contributed by atoms with Gasteiger partial charge in [-0.3, -0.25) is 4.90 Å². The molecular weight excluding hydrogens is 136 g/mol. The zero-order valence-corrected chi connectivity index (χ0v) is 6.79. The van der Waals surface area contributed by atoms with E-state index in [9.17, 15) is 0 Å². The Bertz CT molecular complexity index is 174. The van der Waals surface area contributed by atoms with Crippen LogP contribution in [0.3, 0.4) is 0 Å². The molecule has 0 aromatic carbocycles. The van der Waals surface area contributed by atoms with Crippen LogP contribution in [-0.4, -0.2) is 24.0 Å². The third-order valence-corrected chi connectivity index (χ3v) is 3.10. The molecule has 2 heterocycles. The van der Waals surface area contributed by atoms with Crippen LogP contribution in [0.25, 0.3) is 0 Å². The number of rotatable bonds is 1. The number of piperidine rings is 2. The predicted octanol–water partition coefficient (Wildman–Crippen LogP) is 1.38. The molecule has 1 aliphatic carbocycles. The van der Waals surface area contributed by atoms with Crippen molar-refractivity contribution in [3.63, 3.8) is 0 Å². The van der Waals surface area contributed by atoms with Gasteiger partial charge in [-0.15, -0.1) is 0 Å². The molecule has 0 spiro atoms. The lowest BCUT2D eigenvalue weighted by Crippen LogP contribution is -2.47. The molecule has 0 radical (unpaired) electrons. The van der Waals surface area contributed by atoms with Crippen molar-refractivity contribution in [2.45, 2.75) is 31.7 Å². The van der Waals surface area contributed by atoms with Crippen molar-refractivity contribution in [3.8, 4) is 6.07 Å². The molecule has 3 aliphatic rings. The summed E-state index contributed by atoms with van der Waals surface area (Å²) in [5.74, 6) is 0.911. The van der Waals surface area contributed by atoms with Crippen LogP contribution in [0, 0.1) is 17.2 Å². The Hall–Kier alpha value is -0.550. The molecule has 0 N–H and O–H groups in total. The van der Waals surface area contributed by atoms with Gasteiger partial charge in [0.15, 0.2) is 0 Å². The summed E-state index contributed by atoms with van der Waals surface area (Å²) in [5.41, 5.74) is 0. The number of hydrogen-bond donors (Lipinski definition) is 0. The third-order valence-electron chi connectivity index (χ3n) is 3.10. The van der Waals surface area contributed by atoms with Crippen LogP contribution in [-0.2, 0) is 0 Å². The molecule has 3 rings (SSSR count). The fourth-order valence-electron chi connectivity index (χ4n) is 2.46. The molecule has 60 valence electrons. The van der Waals surface area contributed by atoms with E-state index in [2.05, 4.69) is 11.0 Å². The van der Waals surface area contributed by atoms with Gasteiger partial charge in [0, 0.05) is 12.6 Å². The largest absolute Gasteiger partial charge is 0.287 e. The van der Waals surface area contributed by atoms with Crippen LogP contribution < -0.4 is 0 Å². The Labute approximate surface area is 67.8 Å². The lowest BCUT2D eigenvalue weighted by Gasteiger charge is -2.44. The first-order valence-corrected chi connectivity index (χ1v) is 4.51. The van der Waals surface area contributed by atoms with E-state index in [1.54, 1.807) is 0 Å². The van der Waals surface area contributed by atoms with E-state index in [4.69, 9.17) is 5.26 Å². The Morgan fingerprint density at radius 3 is 2.45 bits per heavy atom. The monoisotopic (exact) mass is 150 g/mol. The van der Waals surface area contributed by atoms with E-state index in [0.29, 0.717) is 6.54 Å². The first kappa shape index (κ1) is 7.12. The number of hydrogen-bond acceptors (Lipinski definition) is 2. The summed E-state index contributed by atoms with van der Waals surface area (Å²) in [6.07, 6.45) is 5.50. The molecule has 2 saturated heterocycles. The minimum absolute atomic E-state index is 0.654. The second-order valence-corrected chi connectivity index (χ2v) is 3.76. The summed E-state index contributed by atoms with van der Waals surface area (Å²) in [6, 6.07) is 3.00. The summed E-state index contributed by atoms with van der Waals surface area (Å²) in [4.78, 5) is 2.36. The summed E-state index contributed by atoms with van der Waals surface area (Å²) >= 11 is 0. The van der Waals surface area contributed by atoms with E-state index < -0.39 is 0 Å². The van der Waals surface area contributed by atoms with Crippen molar-refractivity contribution in [2.24, 2.45) is 5.92 Å². The van der Waals surface area contributed by atoms with Gasteiger partial charge in [0.05, 0.1) is 12.6 Å². The third kappa shape index (κ3) is 1.25. The van der Waals surface area contributed by atoms with Crippen molar-refractivity contribution in [1.29, 1.82) is 5.26 Å². The van der Waals surface area contributed by atoms with Crippen LogP contribution in [0.2, 0.25) is 0 Å². The molecule has 2 bridgehead atoms. The number of nitrogens with zero attached hydrogens (tertiary/aromatic N) is 2. The zero-order chi connectivity index (χ0) is 7.68. The molecule has 3 fully saturated rings. The van der Waals surface area contributed by atoms with Crippen molar-refractivity contribution in [3.05, 3.63) is 0 Å². The van der Waals surface area contributed by atoms with E-state index >= 15 is 0 Å². The standard InChI is InChI=1S/C9H14N2/c10-5-6-11-7-8-1-3-9(11)4-2-8/h8-9H,1-4,6-7H2. The van der Waals surface area contributed by atoms with Gasteiger partial charge in [0.25, 0.3) is 0 Å². The highest BCUT2D eigenvalue weighted by Gasteiger charge is 2.32. The Balaban J connectivity index is 1.98. The first-order chi connectivity index (χ1) is 5.40. The topological polar surface area (TPSA) is 27.0 Å². The maximum absolute atomic E-state index is 8.55. The number of fused-ring (bicyclic) bond motifs is 3. The lowest BCUT2D eigenvalue weighted by molar-refractivity contribution is 0.0608. The molecule has 0 aromatic heterocycles. The van der Waals surface area contributed by atoms with Crippen LogP contribution >= 0.6 is 0 Å². The maximum atomic E-state index is 8.55. The smallest absolute Gasteiger partial charge is 0.0868 e. The molecule has 0 amide bonds. The molecule has 0 unspecified atom stereocenters. The highest BCUT2D eigenvalue weighted by atomic mass is 15.2. The normalized spacial score (nSPS) is 37.0. The van der Waals surface area contributed by atoms with Gasteiger partial charge in [0.2, 0.25) is 0 Å². The Kier molecular flexibility index (Phi) is 1.83. The summed E-state index contributed by atoms with van der Waals surface area (Å²) in [7, 11) is 0. The first-order valence-electron chi connectivity index (χ1n) is 4.51.